The Kier molecular flexibility index (Phi) is 13.8. The van der Waals surface area contributed by atoms with Gasteiger partial charge in [0.25, 0.3) is 5.92 Å². The first-order valence-electron chi connectivity index (χ1n) is 15.9. The average Bonchev–Trinajstić information content (AvgIpc) is 3.44. The predicted molar refractivity (Wildman–Crippen MR) is 190 cm³/mol. The molecule has 0 bridgehead atoms. The molecular weight excluding hydrogens is 588 g/mol. The SMILES string of the molecule is C=C(Nc1ccc(-c2c/c(=C(/N=C\C)N(CC)CCCC)c(=C)[nH]2)cc1)c1cc(CN2CCC(F)(F)C(NS)C2)ccn1.CC. The summed E-state index contributed by atoms with van der Waals surface area (Å²) in [7, 11) is 0. The molecule has 1 fully saturated rings. The quantitative estimate of drug-likeness (QED) is 0.127. The molecule has 0 aliphatic carbocycles. The number of unbranched alkanes of at least 4 members (excludes halogenated alkanes) is 1. The van der Waals surface area contributed by atoms with Gasteiger partial charge in [-0.3, -0.25) is 14.6 Å². The number of pyridine rings is 1. The third-order valence-corrected chi connectivity index (χ3v) is 8.06. The van der Waals surface area contributed by atoms with Crippen LogP contribution in [0, 0.1) is 0 Å². The lowest BCUT2D eigenvalue weighted by atomic mass is 10.0. The molecule has 45 heavy (non-hydrogen) atoms. The van der Waals surface area contributed by atoms with E-state index in [1.165, 1.54) is 0 Å². The lowest BCUT2D eigenvalue weighted by molar-refractivity contribution is -0.0779. The zero-order chi connectivity index (χ0) is 33.0. The van der Waals surface area contributed by atoms with Crippen LogP contribution >= 0.6 is 12.8 Å². The number of benzene rings is 1. The second-order valence-electron chi connectivity index (χ2n) is 10.9. The van der Waals surface area contributed by atoms with Gasteiger partial charge in [-0.05, 0) is 61.7 Å². The first-order chi connectivity index (χ1) is 21.7. The molecule has 1 aliphatic rings. The van der Waals surface area contributed by atoms with Crippen LogP contribution in [0.2, 0.25) is 0 Å². The Hall–Kier alpha value is -3.47. The van der Waals surface area contributed by atoms with Crippen LogP contribution in [0.3, 0.4) is 0 Å². The minimum Gasteiger partial charge on any atom is -0.356 e. The van der Waals surface area contributed by atoms with E-state index in [0.717, 1.165) is 64.8 Å². The minimum atomic E-state index is -2.76. The highest BCUT2D eigenvalue weighted by Gasteiger charge is 2.43. The van der Waals surface area contributed by atoms with E-state index in [9.17, 15) is 8.78 Å². The first-order valence-corrected chi connectivity index (χ1v) is 16.3. The van der Waals surface area contributed by atoms with E-state index >= 15 is 0 Å². The van der Waals surface area contributed by atoms with Crippen molar-refractivity contribution < 1.29 is 8.78 Å². The molecule has 1 atom stereocenters. The monoisotopic (exact) mass is 637 g/mol. The second-order valence-corrected chi connectivity index (χ2v) is 11.1. The molecule has 1 aliphatic heterocycles. The van der Waals surface area contributed by atoms with Crippen molar-refractivity contribution >= 4 is 42.8 Å². The average molecular weight is 638 g/mol. The number of aromatic nitrogens is 2. The normalized spacial score (nSPS) is 17.0. The molecular formula is C35H49F2N7S. The van der Waals surface area contributed by atoms with Gasteiger partial charge < -0.3 is 15.2 Å². The number of hydrogen-bond donors (Lipinski definition) is 4. The van der Waals surface area contributed by atoms with E-state index < -0.39 is 12.0 Å². The van der Waals surface area contributed by atoms with E-state index in [1.807, 2.05) is 68.3 Å². The van der Waals surface area contributed by atoms with Crippen molar-refractivity contribution in [2.75, 3.05) is 31.5 Å². The summed E-state index contributed by atoms with van der Waals surface area (Å²) in [6.07, 6.45) is 5.59. The summed E-state index contributed by atoms with van der Waals surface area (Å²) < 4.78 is 30.6. The number of aromatic amines is 1. The highest BCUT2D eigenvalue weighted by molar-refractivity contribution is 7.78. The molecule has 10 heteroatoms. The summed E-state index contributed by atoms with van der Waals surface area (Å²) in [6.45, 7) is 21.6. The summed E-state index contributed by atoms with van der Waals surface area (Å²) in [6, 6.07) is 13.1. The molecule has 3 N–H and O–H groups in total. The molecule has 0 spiro atoms. The minimum absolute atomic E-state index is 0.199. The zero-order valence-electron chi connectivity index (χ0n) is 27.3. The van der Waals surface area contributed by atoms with Crippen LogP contribution in [-0.2, 0) is 6.54 Å². The van der Waals surface area contributed by atoms with Gasteiger partial charge in [-0.1, -0.05) is 65.3 Å². The fourth-order valence-electron chi connectivity index (χ4n) is 5.27. The Morgan fingerprint density at radius 1 is 1.22 bits per heavy atom. The van der Waals surface area contributed by atoms with Gasteiger partial charge in [0.2, 0.25) is 0 Å². The number of anilines is 1. The largest absolute Gasteiger partial charge is 0.356 e. The lowest BCUT2D eigenvalue weighted by Gasteiger charge is -2.37. The summed E-state index contributed by atoms with van der Waals surface area (Å²) in [5, 5.41) is 5.18. The molecule has 0 saturated carbocycles. The van der Waals surface area contributed by atoms with Gasteiger partial charge in [0, 0.05) is 73.5 Å². The number of halogens is 2. The van der Waals surface area contributed by atoms with Crippen molar-refractivity contribution in [3.63, 3.8) is 0 Å². The zero-order valence-corrected chi connectivity index (χ0v) is 28.2. The Bertz CT molecular complexity index is 1520. The van der Waals surface area contributed by atoms with Crippen LogP contribution < -0.4 is 20.6 Å². The number of aliphatic imine (C=N–C) groups is 1. The van der Waals surface area contributed by atoms with Gasteiger partial charge in [0.15, 0.2) is 0 Å². The third-order valence-electron chi connectivity index (χ3n) is 7.75. The van der Waals surface area contributed by atoms with Crippen molar-refractivity contribution in [2.24, 2.45) is 4.99 Å². The topological polar surface area (TPSA) is 71.6 Å². The molecule has 0 radical (unpaired) electrons. The molecule has 244 valence electrons. The second kappa shape index (κ2) is 17.3. The summed E-state index contributed by atoms with van der Waals surface area (Å²) >= 11 is 3.90. The number of hydrogen-bond acceptors (Lipinski definition) is 7. The van der Waals surface area contributed by atoms with Gasteiger partial charge in [0.05, 0.1) is 17.4 Å². The fourth-order valence-corrected chi connectivity index (χ4v) is 5.54. The van der Waals surface area contributed by atoms with E-state index in [2.05, 4.69) is 70.8 Å². The van der Waals surface area contributed by atoms with E-state index in [4.69, 9.17) is 4.99 Å². The molecule has 4 rings (SSSR count). The Morgan fingerprint density at radius 3 is 2.60 bits per heavy atom. The number of thiol groups is 1. The van der Waals surface area contributed by atoms with Crippen LogP contribution in [0.25, 0.3) is 29.4 Å². The molecule has 3 aromatic rings. The van der Waals surface area contributed by atoms with E-state index in [0.29, 0.717) is 24.5 Å². The van der Waals surface area contributed by atoms with Gasteiger partial charge in [-0.2, -0.15) is 0 Å². The number of piperidine rings is 1. The standard InChI is InChI=1S/C33H43F2N7S.C2H6/c1-6-9-17-42(8-3)32(36-7-2)28-20-30(39-23(28)4)26-10-12-27(13-11-26)38-24(5)29-19-25(14-16-37-29)21-41-18-15-33(34,35)31(22-41)40-43;1-2/h7,10-14,16,19-20,31,38-40,43H,4-6,8-9,15,17-18,21-22H2,1-3H3;1-2H3/b32-28+,36-7-;. The van der Waals surface area contributed by atoms with Gasteiger partial charge in [-0.25, -0.2) is 13.8 Å². The highest BCUT2D eigenvalue weighted by Crippen LogP contribution is 2.29. The smallest absolute Gasteiger partial charge is 0.266 e. The number of nitrogens with zero attached hydrogens (tertiary/aromatic N) is 4. The molecule has 1 unspecified atom stereocenters. The fraction of sp³-hybridized carbons (Fsp3) is 0.429. The first kappa shape index (κ1) is 36.0. The summed E-state index contributed by atoms with van der Waals surface area (Å²) in [5.41, 5.74) is 5.22. The van der Waals surface area contributed by atoms with Gasteiger partial charge >= 0.3 is 0 Å². The molecule has 0 amide bonds. The van der Waals surface area contributed by atoms with Crippen LogP contribution in [-0.4, -0.2) is 64.1 Å². The maximum absolute atomic E-state index is 14.1. The molecule has 3 heterocycles. The molecule has 7 nitrogen and oxygen atoms in total. The number of alkyl halides is 2. The van der Waals surface area contributed by atoms with Crippen LogP contribution in [0.1, 0.15) is 65.1 Å². The van der Waals surface area contributed by atoms with Crippen molar-refractivity contribution in [3.05, 3.63) is 77.1 Å². The Balaban J connectivity index is 0.00000271. The van der Waals surface area contributed by atoms with Crippen molar-refractivity contribution in [2.45, 2.75) is 72.4 Å². The van der Waals surface area contributed by atoms with Gasteiger partial charge in [-0.15, -0.1) is 0 Å². The summed E-state index contributed by atoms with van der Waals surface area (Å²) in [5.74, 6) is -1.82. The van der Waals surface area contributed by atoms with E-state index in [-0.39, 0.29) is 13.0 Å². The van der Waals surface area contributed by atoms with E-state index in [1.54, 1.807) is 6.20 Å². The number of rotatable bonds is 13. The number of nitrogens with one attached hydrogen (secondary N) is 3. The lowest BCUT2D eigenvalue weighted by Crippen LogP contribution is -2.54. The van der Waals surface area contributed by atoms with Crippen LogP contribution in [0.15, 0.2) is 60.2 Å². The third kappa shape index (κ3) is 9.51. The Labute approximate surface area is 272 Å². The van der Waals surface area contributed by atoms with Crippen molar-refractivity contribution in [1.29, 1.82) is 0 Å². The van der Waals surface area contributed by atoms with Crippen LogP contribution in [0.4, 0.5) is 14.5 Å². The molecule has 1 aromatic carbocycles. The number of likely N-dealkylation sites (tertiary alicyclic amines) is 1. The maximum Gasteiger partial charge on any atom is 0.266 e. The predicted octanol–water partition coefficient (Wildman–Crippen LogP) is 6.52. The van der Waals surface area contributed by atoms with Gasteiger partial charge in [0.1, 0.15) is 5.82 Å². The highest BCUT2D eigenvalue weighted by atomic mass is 32.1. The Morgan fingerprint density at radius 2 is 1.96 bits per heavy atom. The summed E-state index contributed by atoms with van der Waals surface area (Å²) in [4.78, 5) is 16.9. The molecule has 1 saturated heterocycles. The van der Waals surface area contributed by atoms with Crippen molar-refractivity contribution in [3.8, 4) is 11.3 Å². The number of H-pyrrole nitrogens is 1. The maximum atomic E-state index is 14.1. The van der Waals surface area contributed by atoms with Crippen LogP contribution in [0.5, 0.6) is 0 Å². The molecule has 2 aromatic heterocycles. The van der Waals surface area contributed by atoms with Crippen molar-refractivity contribution in [1.82, 2.24) is 24.5 Å².